The summed E-state index contributed by atoms with van der Waals surface area (Å²) in [5.74, 6) is -2.94. The van der Waals surface area contributed by atoms with E-state index in [-0.39, 0.29) is 33.7 Å². The third kappa shape index (κ3) is 2.36. The second kappa shape index (κ2) is 5.55. The van der Waals surface area contributed by atoms with Gasteiger partial charge in [0, 0.05) is 11.1 Å². The number of benzene rings is 2. The molecule has 0 radical (unpaired) electrons. The number of hydrogen-bond donors (Lipinski definition) is 0. The van der Waals surface area contributed by atoms with Crippen molar-refractivity contribution in [3.8, 4) is 0 Å². The lowest BCUT2D eigenvalue weighted by Crippen LogP contribution is -2.33. The first-order valence-electron chi connectivity index (χ1n) is 7.81. The van der Waals surface area contributed by atoms with Gasteiger partial charge >= 0.3 is 0 Å². The van der Waals surface area contributed by atoms with Gasteiger partial charge in [0.15, 0.2) is 23.3 Å². The second-order valence-electron chi connectivity index (χ2n) is 6.54. The highest BCUT2D eigenvalue weighted by molar-refractivity contribution is 6.12. The fourth-order valence-corrected chi connectivity index (χ4v) is 2.98. The zero-order chi connectivity index (χ0) is 18.6. The minimum Gasteiger partial charge on any atom is -0.271 e. The highest BCUT2D eigenvalue weighted by Gasteiger charge is 2.40. The summed E-state index contributed by atoms with van der Waals surface area (Å²) in [6, 6.07) is 6.29. The summed E-state index contributed by atoms with van der Waals surface area (Å²) in [5.41, 5.74) is -1.28. The van der Waals surface area contributed by atoms with Crippen molar-refractivity contribution < 1.29 is 17.6 Å². The molecule has 26 heavy (non-hydrogen) atoms. The number of alkyl halides is 1. The Hall–Kier alpha value is -2.90. The summed E-state index contributed by atoms with van der Waals surface area (Å²) in [4.78, 5) is 8.50. The minimum absolute atomic E-state index is 0.0182. The van der Waals surface area contributed by atoms with Crippen LogP contribution in [-0.2, 0) is 0 Å². The van der Waals surface area contributed by atoms with Gasteiger partial charge in [0.1, 0.15) is 11.5 Å². The van der Waals surface area contributed by atoms with Gasteiger partial charge in [0.25, 0.3) is 0 Å². The zero-order valence-electron chi connectivity index (χ0n) is 13.8. The fraction of sp³-hybridized carbons (Fsp3) is 0.222. The van der Waals surface area contributed by atoms with Crippen molar-refractivity contribution in [2.75, 3.05) is 0 Å². The molecule has 4 nitrogen and oxygen atoms in total. The van der Waals surface area contributed by atoms with Gasteiger partial charge < -0.3 is 0 Å². The quantitative estimate of drug-likeness (QED) is 0.615. The van der Waals surface area contributed by atoms with Crippen LogP contribution in [0.4, 0.5) is 17.6 Å². The SMILES string of the molecule is CC1(C)N=C(c2nnc3c(F)c(F)ccc3n2)c2cccc(F)c2C1F. The maximum absolute atomic E-state index is 14.8. The predicted molar refractivity (Wildman–Crippen MR) is 87.2 cm³/mol. The van der Waals surface area contributed by atoms with Crippen LogP contribution >= 0.6 is 0 Å². The van der Waals surface area contributed by atoms with Crippen molar-refractivity contribution >= 4 is 16.7 Å². The van der Waals surface area contributed by atoms with Gasteiger partial charge in [-0.05, 0) is 32.0 Å². The molecule has 4 rings (SSSR count). The molecule has 1 aliphatic heterocycles. The Kier molecular flexibility index (Phi) is 3.54. The largest absolute Gasteiger partial charge is 0.271 e. The van der Waals surface area contributed by atoms with Gasteiger partial charge in [-0.3, -0.25) is 4.99 Å². The summed E-state index contributed by atoms with van der Waals surface area (Å²) in [6.45, 7) is 3.05. The molecule has 0 bridgehead atoms. The van der Waals surface area contributed by atoms with E-state index in [4.69, 9.17) is 0 Å². The minimum atomic E-state index is -1.65. The van der Waals surface area contributed by atoms with Crippen molar-refractivity contribution in [1.82, 2.24) is 15.2 Å². The van der Waals surface area contributed by atoms with Gasteiger partial charge in [-0.2, -0.15) is 0 Å². The van der Waals surface area contributed by atoms with Crippen LogP contribution in [0.15, 0.2) is 35.3 Å². The van der Waals surface area contributed by atoms with Crippen LogP contribution in [0, 0.1) is 17.5 Å². The molecule has 2 aromatic carbocycles. The van der Waals surface area contributed by atoms with E-state index in [1.165, 1.54) is 38.1 Å². The summed E-state index contributed by atoms with van der Waals surface area (Å²) >= 11 is 0. The molecule has 2 heterocycles. The molecule has 0 amide bonds. The third-order valence-corrected chi connectivity index (χ3v) is 4.31. The topological polar surface area (TPSA) is 51.0 Å². The number of hydrogen-bond acceptors (Lipinski definition) is 4. The lowest BCUT2D eigenvalue weighted by atomic mass is 9.84. The molecule has 1 aliphatic rings. The van der Waals surface area contributed by atoms with Gasteiger partial charge in [0.05, 0.1) is 11.1 Å². The first kappa shape index (κ1) is 16.6. The molecular formula is C18H12F4N4. The Morgan fingerprint density at radius 1 is 0.962 bits per heavy atom. The smallest absolute Gasteiger partial charge is 0.201 e. The molecule has 0 saturated heterocycles. The maximum atomic E-state index is 14.8. The Morgan fingerprint density at radius 3 is 2.50 bits per heavy atom. The van der Waals surface area contributed by atoms with Crippen LogP contribution in [0.1, 0.15) is 37.0 Å². The van der Waals surface area contributed by atoms with E-state index in [0.29, 0.717) is 0 Å². The number of nitrogens with zero attached hydrogens (tertiary/aromatic N) is 4. The van der Waals surface area contributed by atoms with Crippen molar-refractivity contribution in [3.63, 3.8) is 0 Å². The lowest BCUT2D eigenvalue weighted by Gasteiger charge is -2.32. The van der Waals surface area contributed by atoms with E-state index in [0.717, 1.165) is 6.07 Å². The third-order valence-electron chi connectivity index (χ3n) is 4.31. The molecule has 8 heteroatoms. The molecule has 0 fully saturated rings. The normalized spacial score (nSPS) is 18.5. The van der Waals surface area contributed by atoms with Crippen molar-refractivity contribution in [1.29, 1.82) is 0 Å². The predicted octanol–water partition coefficient (Wildman–Crippen LogP) is 4.08. The van der Waals surface area contributed by atoms with E-state index in [2.05, 4.69) is 20.2 Å². The van der Waals surface area contributed by atoms with Crippen LogP contribution in [0.5, 0.6) is 0 Å². The first-order valence-corrected chi connectivity index (χ1v) is 7.81. The molecule has 0 aliphatic carbocycles. The standard InChI is InChI=1S/C18H12F4N4/c1-18(2)16(22)12-8(4-3-5-9(12)19)14(24-18)17-23-11-7-6-10(20)13(21)15(11)25-26-17/h3-7,16H,1-2H3. The average Bonchev–Trinajstić information content (AvgIpc) is 2.61. The molecule has 0 N–H and O–H groups in total. The average molecular weight is 360 g/mol. The van der Waals surface area contributed by atoms with E-state index < -0.39 is 29.2 Å². The van der Waals surface area contributed by atoms with Crippen LogP contribution < -0.4 is 0 Å². The molecule has 132 valence electrons. The fourth-order valence-electron chi connectivity index (χ4n) is 2.98. The number of rotatable bonds is 1. The number of aliphatic imine (C=N–C) groups is 1. The lowest BCUT2D eigenvalue weighted by molar-refractivity contribution is 0.215. The van der Waals surface area contributed by atoms with Gasteiger partial charge in [0.2, 0.25) is 5.82 Å². The number of aromatic nitrogens is 3. The van der Waals surface area contributed by atoms with E-state index in [1.807, 2.05) is 0 Å². The van der Waals surface area contributed by atoms with Crippen LogP contribution in [0.25, 0.3) is 11.0 Å². The zero-order valence-corrected chi connectivity index (χ0v) is 13.8. The van der Waals surface area contributed by atoms with E-state index >= 15 is 0 Å². The summed E-state index contributed by atoms with van der Waals surface area (Å²) in [5, 5.41) is 7.49. The highest BCUT2D eigenvalue weighted by atomic mass is 19.2. The van der Waals surface area contributed by atoms with Crippen molar-refractivity contribution in [3.05, 3.63) is 64.7 Å². The van der Waals surface area contributed by atoms with Gasteiger partial charge in [-0.25, -0.2) is 22.5 Å². The molecule has 1 unspecified atom stereocenters. The van der Waals surface area contributed by atoms with Crippen molar-refractivity contribution in [2.45, 2.75) is 25.6 Å². The second-order valence-corrected chi connectivity index (χ2v) is 6.54. The molecule has 0 spiro atoms. The highest BCUT2D eigenvalue weighted by Crippen LogP contribution is 2.41. The molecule has 1 aromatic heterocycles. The van der Waals surface area contributed by atoms with E-state index in [9.17, 15) is 17.6 Å². The van der Waals surface area contributed by atoms with Crippen molar-refractivity contribution in [2.24, 2.45) is 4.99 Å². The Labute approximate surface area is 145 Å². The summed E-state index contributed by atoms with van der Waals surface area (Å²) in [6.07, 6.45) is -1.65. The van der Waals surface area contributed by atoms with Gasteiger partial charge in [-0.15, -0.1) is 10.2 Å². The molecule has 3 aromatic rings. The van der Waals surface area contributed by atoms with Crippen LogP contribution in [0.2, 0.25) is 0 Å². The number of fused-ring (bicyclic) bond motifs is 2. The van der Waals surface area contributed by atoms with Crippen LogP contribution in [0.3, 0.4) is 0 Å². The van der Waals surface area contributed by atoms with E-state index in [1.54, 1.807) is 0 Å². The molecular weight excluding hydrogens is 348 g/mol. The van der Waals surface area contributed by atoms with Gasteiger partial charge in [-0.1, -0.05) is 12.1 Å². The first-order chi connectivity index (χ1) is 12.3. The Bertz CT molecular complexity index is 1080. The maximum Gasteiger partial charge on any atom is 0.201 e. The van der Waals surface area contributed by atoms with Crippen LogP contribution in [-0.4, -0.2) is 26.4 Å². The summed E-state index contributed by atoms with van der Waals surface area (Å²) < 4.78 is 56.1. The monoisotopic (exact) mass is 360 g/mol. The Balaban J connectivity index is 1.97. The molecule has 0 saturated carbocycles. The number of halogens is 4. The Morgan fingerprint density at radius 2 is 1.73 bits per heavy atom. The summed E-state index contributed by atoms with van der Waals surface area (Å²) in [7, 11) is 0. The molecule has 1 atom stereocenters.